The van der Waals surface area contributed by atoms with Crippen molar-refractivity contribution in [3.63, 3.8) is 0 Å². The lowest BCUT2D eigenvalue weighted by atomic mass is 10.0. The smallest absolute Gasteiger partial charge is 0.227 e. The number of nitrogens with zero attached hydrogens (tertiary/aromatic N) is 2. The van der Waals surface area contributed by atoms with Crippen LogP contribution in [0.5, 0.6) is 0 Å². The first-order valence-corrected chi connectivity index (χ1v) is 5.82. The van der Waals surface area contributed by atoms with Crippen LogP contribution in [0.2, 0.25) is 0 Å². The van der Waals surface area contributed by atoms with Crippen molar-refractivity contribution in [2.45, 2.75) is 26.3 Å². The summed E-state index contributed by atoms with van der Waals surface area (Å²) < 4.78 is 4.94. The zero-order valence-corrected chi connectivity index (χ0v) is 10.2. The number of hydrogen-bond acceptors (Lipinski definition) is 4. The van der Waals surface area contributed by atoms with Crippen LogP contribution in [0, 0.1) is 6.92 Å². The molecule has 2 aromatic rings. The normalized spacial score (nSPS) is 12.6. The Hall–Kier alpha value is -1.68. The van der Waals surface area contributed by atoms with Crippen molar-refractivity contribution in [1.82, 2.24) is 15.5 Å². The number of aryl methyl sites for hydroxylation is 1. The average Bonchev–Trinajstić information content (AvgIpc) is 2.82. The molecule has 0 saturated carbocycles. The van der Waals surface area contributed by atoms with E-state index in [0.717, 1.165) is 13.0 Å². The van der Waals surface area contributed by atoms with Crippen LogP contribution in [0.15, 0.2) is 35.1 Å². The van der Waals surface area contributed by atoms with Crippen molar-refractivity contribution < 1.29 is 4.52 Å². The Labute approximate surface area is 101 Å². The number of aromatic nitrogens is 2. The van der Waals surface area contributed by atoms with Crippen molar-refractivity contribution in [2.24, 2.45) is 0 Å². The predicted octanol–water partition coefficient (Wildman–Crippen LogP) is 2.27. The van der Waals surface area contributed by atoms with Crippen molar-refractivity contribution >= 4 is 0 Å². The lowest BCUT2D eigenvalue weighted by Crippen LogP contribution is -2.22. The van der Waals surface area contributed by atoms with Gasteiger partial charge in [0.25, 0.3) is 0 Å². The molecule has 1 unspecified atom stereocenters. The molecular weight excluding hydrogens is 214 g/mol. The summed E-state index contributed by atoms with van der Waals surface area (Å²) in [7, 11) is 0. The van der Waals surface area contributed by atoms with Crippen LogP contribution in [-0.4, -0.2) is 16.7 Å². The van der Waals surface area contributed by atoms with Gasteiger partial charge in [0.1, 0.15) is 0 Å². The van der Waals surface area contributed by atoms with Gasteiger partial charge in [0, 0.05) is 19.0 Å². The minimum atomic E-state index is 0.333. The molecule has 0 saturated heterocycles. The average molecular weight is 231 g/mol. The lowest BCUT2D eigenvalue weighted by molar-refractivity contribution is 0.372. The molecule has 17 heavy (non-hydrogen) atoms. The molecule has 1 aromatic carbocycles. The van der Waals surface area contributed by atoms with E-state index < -0.39 is 0 Å². The topological polar surface area (TPSA) is 51.0 Å². The van der Waals surface area contributed by atoms with E-state index in [1.54, 1.807) is 0 Å². The van der Waals surface area contributed by atoms with E-state index in [1.165, 1.54) is 17.5 Å². The van der Waals surface area contributed by atoms with Crippen LogP contribution < -0.4 is 5.32 Å². The zero-order valence-electron chi connectivity index (χ0n) is 10.2. The van der Waals surface area contributed by atoms with Crippen molar-refractivity contribution in [3.8, 4) is 0 Å². The third kappa shape index (κ3) is 3.14. The highest BCUT2D eigenvalue weighted by Crippen LogP contribution is 2.16. The summed E-state index contributed by atoms with van der Waals surface area (Å²) >= 11 is 0. The van der Waals surface area contributed by atoms with E-state index >= 15 is 0 Å². The summed E-state index contributed by atoms with van der Waals surface area (Å²) in [5.41, 5.74) is 2.64. The quantitative estimate of drug-likeness (QED) is 0.857. The highest BCUT2D eigenvalue weighted by molar-refractivity contribution is 5.28. The first kappa shape index (κ1) is 11.8. The largest absolute Gasteiger partial charge is 0.340 e. The monoisotopic (exact) mass is 231 g/mol. The fourth-order valence-electron chi connectivity index (χ4n) is 1.88. The maximum atomic E-state index is 4.94. The SMILES string of the molecule is Cc1ccccc1C(C)NCCc1ncno1. The van der Waals surface area contributed by atoms with Crippen LogP contribution in [-0.2, 0) is 6.42 Å². The van der Waals surface area contributed by atoms with Gasteiger partial charge in [-0.25, -0.2) is 0 Å². The van der Waals surface area contributed by atoms with Crippen molar-refractivity contribution in [3.05, 3.63) is 47.6 Å². The minimum Gasteiger partial charge on any atom is -0.340 e. The second-order valence-corrected chi connectivity index (χ2v) is 4.12. The van der Waals surface area contributed by atoms with E-state index in [4.69, 9.17) is 4.52 Å². The van der Waals surface area contributed by atoms with Gasteiger partial charge in [-0.1, -0.05) is 29.4 Å². The van der Waals surface area contributed by atoms with E-state index in [0.29, 0.717) is 11.9 Å². The molecule has 2 rings (SSSR count). The standard InChI is InChI=1S/C13H17N3O/c1-10-5-3-4-6-12(10)11(2)14-8-7-13-15-9-16-17-13/h3-6,9,11,14H,7-8H2,1-2H3. The predicted molar refractivity (Wildman–Crippen MR) is 65.6 cm³/mol. The minimum absolute atomic E-state index is 0.333. The molecule has 4 nitrogen and oxygen atoms in total. The summed E-state index contributed by atoms with van der Waals surface area (Å²) in [5, 5.41) is 7.03. The molecule has 1 N–H and O–H groups in total. The summed E-state index contributed by atoms with van der Waals surface area (Å²) in [6, 6.07) is 8.74. The molecule has 0 aliphatic carbocycles. The number of benzene rings is 1. The van der Waals surface area contributed by atoms with Gasteiger partial charge in [0.05, 0.1) is 0 Å². The molecule has 0 aliphatic rings. The molecule has 0 spiro atoms. The number of rotatable bonds is 5. The first-order chi connectivity index (χ1) is 8.27. The summed E-state index contributed by atoms with van der Waals surface area (Å²) in [4.78, 5) is 3.99. The maximum Gasteiger partial charge on any atom is 0.227 e. The van der Waals surface area contributed by atoms with Crippen LogP contribution in [0.4, 0.5) is 0 Å². The summed E-state index contributed by atoms with van der Waals surface area (Å²) in [6.45, 7) is 5.12. The Bertz CT molecular complexity index is 453. The van der Waals surface area contributed by atoms with E-state index in [2.05, 4.69) is 53.6 Å². The van der Waals surface area contributed by atoms with Gasteiger partial charge < -0.3 is 9.84 Å². The Kier molecular flexibility index (Phi) is 3.88. The molecule has 0 aliphatic heterocycles. The second kappa shape index (κ2) is 5.59. The molecular formula is C13H17N3O. The maximum absolute atomic E-state index is 4.94. The second-order valence-electron chi connectivity index (χ2n) is 4.12. The fraction of sp³-hybridized carbons (Fsp3) is 0.385. The van der Waals surface area contributed by atoms with Crippen LogP contribution in [0.1, 0.15) is 30.0 Å². The molecule has 90 valence electrons. The van der Waals surface area contributed by atoms with Gasteiger partial charge in [-0.15, -0.1) is 0 Å². The molecule has 0 fully saturated rings. The molecule has 1 aromatic heterocycles. The van der Waals surface area contributed by atoms with Crippen LogP contribution >= 0.6 is 0 Å². The van der Waals surface area contributed by atoms with Gasteiger partial charge >= 0.3 is 0 Å². The molecule has 1 heterocycles. The third-order valence-corrected chi connectivity index (χ3v) is 2.85. The molecule has 0 radical (unpaired) electrons. The van der Waals surface area contributed by atoms with Gasteiger partial charge in [0.2, 0.25) is 5.89 Å². The van der Waals surface area contributed by atoms with E-state index in [1.807, 2.05) is 0 Å². The van der Waals surface area contributed by atoms with E-state index in [-0.39, 0.29) is 0 Å². The molecule has 0 amide bonds. The molecule has 1 atom stereocenters. The highest BCUT2D eigenvalue weighted by atomic mass is 16.5. The van der Waals surface area contributed by atoms with Crippen molar-refractivity contribution in [2.75, 3.05) is 6.54 Å². The Balaban J connectivity index is 1.85. The zero-order chi connectivity index (χ0) is 12.1. The molecule has 4 heteroatoms. The van der Waals surface area contributed by atoms with Crippen LogP contribution in [0.25, 0.3) is 0 Å². The summed E-state index contributed by atoms with van der Waals surface area (Å²) in [6.07, 6.45) is 2.19. The first-order valence-electron chi connectivity index (χ1n) is 5.82. The Morgan fingerprint density at radius 2 is 2.18 bits per heavy atom. The fourth-order valence-corrected chi connectivity index (χ4v) is 1.88. The number of nitrogens with one attached hydrogen (secondary N) is 1. The third-order valence-electron chi connectivity index (χ3n) is 2.85. The Morgan fingerprint density at radius 3 is 2.88 bits per heavy atom. The van der Waals surface area contributed by atoms with Crippen molar-refractivity contribution in [1.29, 1.82) is 0 Å². The number of hydrogen-bond donors (Lipinski definition) is 1. The van der Waals surface area contributed by atoms with Gasteiger partial charge in [-0.3, -0.25) is 0 Å². The van der Waals surface area contributed by atoms with Gasteiger partial charge in [-0.2, -0.15) is 4.98 Å². The van der Waals surface area contributed by atoms with Gasteiger partial charge in [0.15, 0.2) is 6.33 Å². The van der Waals surface area contributed by atoms with Gasteiger partial charge in [-0.05, 0) is 25.0 Å². The highest BCUT2D eigenvalue weighted by Gasteiger charge is 2.07. The molecule has 0 bridgehead atoms. The lowest BCUT2D eigenvalue weighted by Gasteiger charge is -2.15. The summed E-state index contributed by atoms with van der Waals surface area (Å²) in [5.74, 6) is 0.675. The van der Waals surface area contributed by atoms with E-state index in [9.17, 15) is 0 Å². The van der Waals surface area contributed by atoms with Crippen LogP contribution in [0.3, 0.4) is 0 Å². The Morgan fingerprint density at radius 1 is 1.35 bits per heavy atom.